The van der Waals surface area contributed by atoms with E-state index >= 15 is 0 Å². The Kier molecular flexibility index (Phi) is 5.73. The number of hydrogen-bond acceptors (Lipinski definition) is 5. The lowest BCUT2D eigenvalue weighted by atomic mass is 10.0. The number of aromatic nitrogens is 2. The summed E-state index contributed by atoms with van der Waals surface area (Å²) in [5.41, 5.74) is 0.846. The van der Waals surface area contributed by atoms with Gasteiger partial charge in [0.15, 0.2) is 5.43 Å². The largest absolute Gasteiger partial charge is 0.465 e. The van der Waals surface area contributed by atoms with Crippen molar-refractivity contribution in [3.63, 3.8) is 0 Å². The third kappa shape index (κ3) is 3.59. The third-order valence-electron chi connectivity index (χ3n) is 4.94. The van der Waals surface area contributed by atoms with Crippen molar-refractivity contribution in [2.75, 3.05) is 25.6 Å². The molecule has 0 amide bonds. The van der Waals surface area contributed by atoms with Crippen molar-refractivity contribution in [1.82, 2.24) is 9.55 Å². The van der Waals surface area contributed by atoms with Gasteiger partial charge < -0.3 is 19.0 Å². The number of rotatable bonds is 5. The second-order valence-corrected chi connectivity index (χ2v) is 8.05. The van der Waals surface area contributed by atoms with E-state index in [1.807, 2.05) is 14.1 Å². The van der Waals surface area contributed by atoms with Crippen molar-refractivity contribution in [3.05, 3.63) is 56.6 Å². The minimum atomic E-state index is -0.882. The minimum Gasteiger partial charge on any atom is -0.465 e. The first-order chi connectivity index (χ1) is 14.1. The van der Waals surface area contributed by atoms with Gasteiger partial charge in [-0.15, -0.1) is 0 Å². The highest BCUT2D eigenvalue weighted by Crippen LogP contribution is 2.34. The van der Waals surface area contributed by atoms with Crippen LogP contribution in [-0.4, -0.2) is 36.2 Å². The van der Waals surface area contributed by atoms with Gasteiger partial charge in [0, 0.05) is 33.3 Å². The minimum absolute atomic E-state index is 0.142. The van der Waals surface area contributed by atoms with Gasteiger partial charge >= 0.3 is 5.97 Å². The normalized spacial score (nSPS) is 11.5. The summed E-state index contributed by atoms with van der Waals surface area (Å²) in [6, 6.07) is 6.68. The summed E-state index contributed by atoms with van der Waals surface area (Å²) >= 11 is 6.46. The predicted molar refractivity (Wildman–Crippen MR) is 119 cm³/mol. The van der Waals surface area contributed by atoms with Crippen molar-refractivity contribution in [2.45, 2.75) is 32.9 Å². The molecular formula is C22H23ClN4O3. The van der Waals surface area contributed by atoms with Gasteiger partial charge in [-0.3, -0.25) is 9.59 Å². The summed E-state index contributed by atoms with van der Waals surface area (Å²) in [5.74, 6) is -0.454. The predicted octanol–water partition coefficient (Wildman–Crippen LogP) is 3.99. The maximum absolute atomic E-state index is 13.3. The molecule has 30 heavy (non-hydrogen) atoms. The van der Waals surface area contributed by atoms with Crippen molar-refractivity contribution in [1.29, 1.82) is 0 Å². The van der Waals surface area contributed by atoms with Crippen LogP contribution in [0.1, 0.15) is 26.5 Å². The van der Waals surface area contributed by atoms with E-state index in [0.29, 0.717) is 38.3 Å². The number of carbonyl (C=O) groups is 1. The molecule has 3 aromatic rings. The maximum Gasteiger partial charge on any atom is 0.326 e. The molecule has 1 aromatic carbocycles. The highest BCUT2D eigenvalue weighted by Gasteiger charge is 2.29. The number of ether oxygens (including phenoxy) is 1. The molecule has 0 aliphatic carbocycles. The molecule has 0 saturated carbocycles. The quantitative estimate of drug-likeness (QED) is 0.350. The third-order valence-corrected chi connectivity index (χ3v) is 5.24. The molecule has 0 N–H and O–H groups in total. The van der Waals surface area contributed by atoms with Gasteiger partial charge in [-0.1, -0.05) is 11.6 Å². The van der Waals surface area contributed by atoms with Gasteiger partial charge in [0.2, 0.25) is 0 Å². The number of fused-ring (bicyclic) bond motifs is 2. The van der Waals surface area contributed by atoms with Crippen LogP contribution in [0.5, 0.6) is 0 Å². The topological polar surface area (TPSA) is 68.8 Å². The van der Waals surface area contributed by atoms with Crippen LogP contribution in [0.4, 0.5) is 5.69 Å². The Labute approximate surface area is 179 Å². The Balaban J connectivity index is 2.54. The van der Waals surface area contributed by atoms with Gasteiger partial charge in [-0.2, -0.15) is 0 Å². The van der Waals surface area contributed by atoms with E-state index in [-0.39, 0.29) is 18.6 Å². The van der Waals surface area contributed by atoms with E-state index in [0.717, 1.165) is 0 Å². The molecule has 0 atom stereocenters. The van der Waals surface area contributed by atoms with E-state index < -0.39 is 11.5 Å². The molecule has 2 aromatic heterocycles. The lowest BCUT2D eigenvalue weighted by molar-refractivity contribution is -0.143. The van der Waals surface area contributed by atoms with E-state index in [9.17, 15) is 9.59 Å². The van der Waals surface area contributed by atoms with Crippen molar-refractivity contribution >= 4 is 45.2 Å². The van der Waals surface area contributed by atoms with Gasteiger partial charge in [0.05, 0.1) is 28.2 Å². The molecule has 8 heteroatoms. The average Bonchev–Trinajstić information content (AvgIpc) is 2.70. The second-order valence-electron chi connectivity index (χ2n) is 7.65. The molecular weight excluding hydrogens is 404 g/mol. The number of esters is 1. The summed E-state index contributed by atoms with van der Waals surface area (Å²) in [5, 5.41) is 1.24. The number of nitrogens with zero attached hydrogens (tertiary/aromatic N) is 4. The zero-order chi connectivity index (χ0) is 22.2. The molecule has 156 valence electrons. The molecule has 0 unspecified atom stereocenters. The summed E-state index contributed by atoms with van der Waals surface area (Å²) in [6.07, 6.45) is 0. The van der Waals surface area contributed by atoms with Crippen molar-refractivity contribution in [2.24, 2.45) is 0 Å². The zero-order valence-electron chi connectivity index (χ0n) is 17.6. The molecule has 0 spiro atoms. The van der Waals surface area contributed by atoms with Crippen LogP contribution in [0.2, 0.25) is 5.02 Å². The van der Waals surface area contributed by atoms with Gasteiger partial charge in [-0.25, -0.2) is 11.6 Å². The maximum atomic E-state index is 13.3. The summed E-state index contributed by atoms with van der Waals surface area (Å²) in [7, 11) is 3.63. The number of pyridine rings is 2. The summed E-state index contributed by atoms with van der Waals surface area (Å²) in [6.45, 7) is 12.8. The van der Waals surface area contributed by atoms with Crippen LogP contribution in [0, 0.1) is 6.57 Å². The fourth-order valence-electron chi connectivity index (χ4n) is 3.41. The molecule has 0 radical (unpaired) electrons. The Morgan fingerprint density at radius 2 is 1.93 bits per heavy atom. The average molecular weight is 427 g/mol. The van der Waals surface area contributed by atoms with E-state index in [4.69, 9.17) is 22.9 Å². The SMILES string of the molecule is [C-]#[N+]C(C)(C)c1ccc2c(=O)c3ccc(Cl)c(N(C)C)c3n(CC(=O)OCC)c2n1. The smallest absolute Gasteiger partial charge is 0.326 e. The number of anilines is 1. The lowest BCUT2D eigenvalue weighted by Gasteiger charge is -2.22. The number of carbonyl (C=O) groups excluding carboxylic acids is 1. The van der Waals surface area contributed by atoms with E-state index in [1.165, 1.54) is 0 Å². The molecule has 0 fully saturated rings. The highest BCUT2D eigenvalue weighted by molar-refractivity contribution is 6.35. The lowest BCUT2D eigenvalue weighted by Crippen LogP contribution is -2.23. The second kappa shape index (κ2) is 7.96. The Bertz CT molecular complexity index is 1260. The number of halogens is 1. The first kappa shape index (κ1) is 21.6. The van der Waals surface area contributed by atoms with Crippen LogP contribution in [0.25, 0.3) is 26.8 Å². The fourth-order valence-corrected chi connectivity index (χ4v) is 3.73. The Morgan fingerprint density at radius 1 is 1.27 bits per heavy atom. The van der Waals surface area contributed by atoms with Crippen LogP contribution in [0.15, 0.2) is 29.1 Å². The number of hydrogen-bond donors (Lipinski definition) is 0. The first-order valence-corrected chi connectivity index (χ1v) is 9.88. The van der Waals surface area contributed by atoms with Gasteiger partial charge in [-0.05, 0) is 31.2 Å². The molecule has 3 rings (SSSR count). The Hall–Kier alpha value is -3.11. The summed E-state index contributed by atoms with van der Waals surface area (Å²) < 4.78 is 6.82. The summed E-state index contributed by atoms with van der Waals surface area (Å²) in [4.78, 5) is 35.8. The molecule has 0 saturated heterocycles. The van der Waals surface area contributed by atoms with Crippen LogP contribution in [-0.2, 0) is 21.6 Å². The van der Waals surface area contributed by atoms with E-state index in [1.54, 1.807) is 54.5 Å². The van der Waals surface area contributed by atoms with Crippen molar-refractivity contribution in [3.8, 4) is 0 Å². The first-order valence-electron chi connectivity index (χ1n) is 9.50. The monoisotopic (exact) mass is 426 g/mol. The van der Waals surface area contributed by atoms with Crippen LogP contribution >= 0.6 is 11.6 Å². The van der Waals surface area contributed by atoms with Crippen LogP contribution < -0.4 is 10.3 Å². The number of benzene rings is 1. The highest BCUT2D eigenvalue weighted by atomic mass is 35.5. The van der Waals surface area contributed by atoms with E-state index in [2.05, 4.69) is 9.83 Å². The van der Waals surface area contributed by atoms with Gasteiger partial charge in [0.1, 0.15) is 17.9 Å². The molecule has 7 nitrogen and oxygen atoms in total. The molecule has 2 heterocycles. The molecule has 0 aliphatic rings. The molecule has 0 aliphatic heterocycles. The zero-order valence-corrected chi connectivity index (χ0v) is 18.4. The van der Waals surface area contributed by atoms with Crippen LogP contribution in [0.3, 0.4) is 0 Å². The Morgan fingerprint density at radius 3 is 2.53 bits per heavy atom. The van der Waals surface area contributed by atoms with Crippen molar-refractivity contribution < 1.29 is 9.53 Å². The molecule has 0 bridgehead atoms. The fraction of sp³-hybridized carbons (Fsp3) is 0.364. The van der Waals surface area contributed by atoms with Gasteiger partial charge in [0.25, 0.3) is 5.54 Å². The standard InChI is InChI=1S/C22H23ClN4O3/c1-7-30-17(28)12-27-18-13(8-10-15(23)19(18)26(5)6)20(29)14-9-11-16(25-21(14)27)22(2,3)24-4/h8-11H,7,12H2,1-3,5-6H3.